The van der Waals surface area contributed by atoms with E-state index in [1.54, 1.807) is 7.11 Å². The summed E-state index contributed by atoms with van der Waals surface area (Å²) in [5.74, 6) is 0.102. The van der Waals surface area contributed by atoms with E-state index in [1.165, 1.54) is 5.56 Å². The molecule has 2 rings (SSSR count). The maximum absolute atomic E-state index is 11.7. The number of amides is 1. The van der Waals surface area contributed by atoms with Crippen LogP contribution in [0.25, 0.3) is 0 Å². The van der Waals surface area contributed by atoms with Crippen LogP contribution in [0.3, 0.4) is 0 Å². The standard InChI is InChI=1S/C15H22N2O2/c1-19-13-15(18)17-11-9-16(10-12-17)8-7-14-5-3-2-4-6-14/h2-6H,7-13H2,1H3. The summed E-state index contributed by atoms with van der Waals surface area (Å²) >= 11 is 0. The molecule has 0 spiro atoms. The molecule has 1 amide bonds. The summed E-state index contributed by atoms with van der Waals surface area (Å²) in [7, 11) is 1.56. The number of carbonyl (C=O) groups is 1. The van der Waals surface area contributed by atoms with Gasteiger partial charge in [-0.05, 0) is 12.0 Å². The first-order valence-electron chi connectivity index (χ1n) is 6.82. The van der Waals surface area contributed by atoms with Gasteiger partial charge >= 0.3 is 0 Å². The number of methoxy groups -OCH3 is 1. The first-order valence-corrected chi connectivity index (χ1v) is 6.82. The van der Waals surface area contributed by atoms with Crippen molar-refractivity contribution >= 4 is 5.91 Å². The highest BCUT2D eigenvalue weighted by atomic mass is 16.5. The molecule has 4 heteroatoms. The molecule has 0 saturated carbocycles. The van der Waals surface area contributed by atoms with Gasteiger partial charge in [-0.1, -0.05) is 30.3 Å². The normalized spacial score (nSPS) is 16.6. The van der Waals surface area contributed by atoms with Crippen molar-refractivity contribution in [1.82, 2.24) is 9.80 Å². The molecule has 0 radical (unpaired) electrons. The van der Waals surface area contributed by atoms with Crippen LogP contribution < -0.4 is 0 Å². The number of benzene rings is 1. The third-order valence-electron chi connectivity index (χ3n) is 3.55. The lowest BCUT2D eigenvalue weighted by atomic mass is 10.1. The van der Waals surface area contributed by atoms with Crippen LogP contribution in [-0.2, 0) is 16.0 Å². The Morgan fingerprint density at radius 2 is 1.84 bits per heavy atom. The second kappa shape index (κ2) is 7.26. The van der Waals surface area contributed by atoms with E-state index in [0.717, 1.165) is 39.1 Å². The predicted molar refractivity (Wildman–Crippen MR) is 75.0 cm³/mol. The van der Waals surface area contributed by atoms with E-state index in [4.69, 9.17) is 4.74 Å². The molecule has 104 valence electrons. The topological polar surface area (TPSA) is 32.8 Å². The molecule has 1 fully saturated rings. The van der Waals surface area contributed by atoms with Crippen molar-refractivity contribution in [2.45, 2.75) is 6.42 Å². The van der Waals surface area contributed by atoms with Gasteiger partial charge in [0.15, 0.2) is 0 Å². The second-order valence-corrected chi connectivity index (χ2v) is 4.89. The van der Waals surface area contributed by atoms with E-state index in [2.05, 4.69) is 29.2 Å². The molecule has 0 bridgehead atoms. The monoisotopic (exact) mass is 262 g/mol. The van der Waals surface area contributed by atoms with E-state index >= 15 is 0 Å². The van der Waals surface area contributed by atoms with Gasteiger partial charge < -0.3 is 9.64 Å². The Balaban J connectivity index is 1.70. The zero-order chi connectivity index (χ0) is 13.5. The molecule has 0 unspecified atom stereocenters. The molecule has 4 nitrogen and oxygen atoms in total. The maximum atomic E-state index is 11.7. The summed E-state index contributed by atoms with van der Waals surface area (Å²) in [4.78, 5) is 16.0. The third-order valence-corrected chi connectivity index (χ3v) is 3.55. The second-order valence-electron chi connectivity index (χ2n) is 4.89. The summed E-state index contributed by atoms with van der Waals surface area (Å²) in [5, 5.41) is 0. The predicted octanol–water partition coefficient (Wildman–Crippen LogP) is 1.02. The molecule has 1 aliphatic heterocycles. The van der Waals surface area contributed by atoms with Crippen LogP contribution in [0.4, 0.5) is 0 Å². The fourth-order valence-corrected chi connectivity index (χ4v) is 2.37. The van der Waals surface area contributed by atoms with Gasteiger partial charge in [-0.3, -0.25) is 9.69 Å². The van der Waals surface area contributed by atoms with Crippen molar-refractivity contribution in [3.63, 3.8) is 0 Å². The van der Waals surface area contributed by atoms with Crippen LogP contribution >= 0.6 is 0 Å². The zero-order valence-corrected chi connectivity index (χ0v) is 11.5. The molecule has 0 atom stereocenters. The molecule has 19 heavy (non-hydrogen) atoms. The molecule has 0 aliphatic carbocycles. The number of ether oxygens (including phenoxy) is 1. The number of hydrogen-bond donors (Lipinski definition) is 0. The lowest BCUT2D eigenvalue weighted by molar-refractivity contribution is -0.136. The molecule has 0 aromatic heterocycles. The van der Waals surface area contributed by atoms with Gasteiger partial charge in [-0.25, -0.2) is 0 Å². The van der Waals surface area contributed by atoms with Crippen molar-refractivity contribution in [1.29, 1.82) is 0 Å². The molecular formula is C15H22N2O2. The van der Waals surface area contributed by atoms with Crippen molar-refractivity contribution in [2.75, 3.05) is 46.4 Å². The number of rotatable bonds is 5. The molecule has 1 heterocycles. The van der Waals surface area contributed by atoms with E-state index < -0.39 is 0 Å². The first-order chi connectivity index (χ1) is 9.29. The van der Waals surface area contributed by atoms with Gasteiger partial charge in [0.2, 0.25) is 5.91 Å². The molecule has 1 aromatic carbocycles. The third kappa shape index (κ3) is 4.33. The lowest BCUT2D eigenvalue weighted by Gasteiger charge is -2.34. The van der Waals surface area contributed by atoms with Crippen LogP contribution in [0.5, 0.6) is 0 Å². The lowest BCUT2D eigenvalue weighted by Crippen LogP contribution is -2.50. The number of piperazine rings is 1. The summed E-state index contributed by atoms with van der Waals surface area (Å²) in [6.07, 6.45) is 1.08. The van der Waals surface area contributed by atoms with E-state index in [0.29, 0.717) is 0 Å². The maximum Gasteiger partial charge on any atom is 0.248 e. The average Bonchev–Trinajstić information content (AvgIpc) is 2.47. The zero-order valence-electron chi connectivity index (χ0n) is 11.5. The van der Waals surface area contributed by atoms with Gasteiger partial charge in [-0.2, -0.15) is 0 Å². The van der Waals surface area contributed by atoms with Crippen LogP contribution in [0.15, 0.2) is 30.3 Å². The number of nitrogens with zero attached hydrogens (tertiary/aromatic N) is 2. The van der Waals surface area contributed by atoms with Crippen LogP contribution in [0, 0.1) is 0 Å². The van der Waals surface area contributed by atoms with Crippen LogP contribution in [0.1, 0.15) is 5.56 Å². The number of carbonyl (C=O) groups excluding carboxylic acids is 1. The minimum absolute atomic E-state index is 0.102. The number of hydrogen-bond acceptors (Lipinski definition) is 3. The SMILES string of the molecule is COCC(=O)N1CCN(CCc2ccccc2)CC1. The average molecular weight is 262 g/mol. The minimum atomic E-state index is 0.102. The van der Waals surface area contributed by atoms with E-state index in [9.17, 15) is 4.79 Å². The highest BCUT2D eigenvalue weighted by Crippen LogP contribution is 2.05. The van der Waals surface area contributed by atoms with Gasteiger partial charge in [-0.15, -0.1) is 0 Å². The Hall–Kier alpha value is -1.39. The van der Waals surface area contributed by atoms with Crippen molar-refractivity contribution < 1.29 is 9.53 Å². The van der Waals surface area contributed by atoms with Crippen molar-refractivity contribution in [2.24, 2.45) is 0 Å². The quantitative estimate of drug-likeness (QED) is 0.794. The Morgan fingerprint density at radius 1 is 1.16 bits per heavy atom. The molecule has 1 aromatic rings. The van der Waals surface area contributed by atoms with Gasteiger partial charge in [0.25, 0.3) is 0 Å². The summed E-state index contributed by atoms with van der Waals surface area (Å²) in [5.41, 5.74) is 1.38. The summed E-state index contributed by atoms with van der Waals surface area (Å²) in [6, 6.07) is 10.5. The first kappa shape index (κ1) is 14.0. The van der Waals surface area contributed by atoms with Gasteiger partial charge in [0.1, 0.15) is 6.61 Å². The highest BCUT2D eigenvalue weighted by molar-refractivity contribution is 5.77. The Bertz CT molecular complexity index is 386. The smallest absolute Gasteiger partial charge is 0.248 e. The summed E-state index contributed by atoms with van der Waals surface area (Å²) < 4.78 is 4.88. The highest BCUT2D eigenvalue weighted by Gasteiger charge is 2.20. The molecule has 0 N–H and O–H groups in total. The van der Waals surface area contributed by atoms with E-state index in [-0.39, 0.29) is 12.5 Å². The summed E-state index contributed by atoms with van der Waals surface area (Å²) in [6.45, 7) is 4.82. The van der Waals surface area contributed by atoms with Crippen LogP contribution in [-0.4, -0.2) is 62.1 Å². The van der Waals surface area contributed by atoms with Crippen molar-refractivity contribution in [3.8, 4) is 0 Å². The Labute approximate surface area is 115 Å². The van der Waals surface area contributed by atoms with Gasteiger partial charge in [0.05, 0.1) is 0 Å². The Morgan fingerprint density at radius 3 is 2.47 bits per heavy atom. The van der Waals surface area contributed by atoms with Crippen LogP contribution in [0.2, 0.25) is 0 Å². The van der Waals surface area contributed by atoms with E-state index in [1.807, 2.05) is 11.0 Å². The fourth-order valence-electron chi connectivity index (χ4n) is 2.37. The van der Waals surface area contributed by atoms with Crippen molar-refractivity contribution in [3.05, 3.63) is 35.9 Å². The Kier molecular flexibility index (Phi) is 5.36. The molecule has 1 aliphatic rings. The van der Waals surface area contributed by atoms with Gasteiger partial charge in [0, 0.05) is 39.8 Å². The fraction of sp³-hybridized carbons (Fsp3) is 0.533. The minimum Gasteiger partial charge on any atom is -0.375 e. The molecular weight excluding hydrogens is 240 g/mol. The largest absolute Gasteiger partial charge is 0.375 e. The molecule has 1 saturated heterocycles.